The van der Waals surface area contributed by atoms with Crippen LogP contribution in [0.4, 0.5) is 10.2 Å². The molecular formula is C15H22FN3O. The van der Waals surface area contributed by atoms with Gasteiger partial charge in [0.05, 0.1) is 11.8 Å². The highest BCUT2D eigenvalue weighted by Crippen LogP contribution is 2.30. The van der Waals surface area contributed by atoms with Crippen molar-refractivity contribution in [2.45, 2.75) is 39.2 Å². The Hall–Kier alpha value is -1.65. The van der Waals surface area contributed by atoms with E-state index in [1.165, 1.54) is 6.07 Å². The van der Waals surface area contributed by atoms with E-state index in [-0.39, 0.29) is 5.91 Å². The minimum atomic E-state index is -0.480. The van der Waals surface area contributed by atoms with Gasteiger partial charge in [-0.15, -0.1) is 0 Å². The normalized spacial score (nSPS) is 14.4. The highest BCUT2D eigenvalue weighted by atomic mass is 19.1. The summed E-state index contributed by atoms with van der Waals surface area (Å²) in [5.74, 6) is 0.376. The number of hydrogen-bond donors (Lipinski definition) is 1. The van der Waals surface area contributed by atoms with Gasteiger partial charge in [0.1, 0.15) is 11.6 Å². The van der Waals surface area contributed by atoms with Crippen LogP contribution in [0.15, 0.2) is 12.3 Å². The molecule has 4 nitrogen and oxygen atoms in total. The molecule has 110 valence electrons. The maximum absolute atomic E-state index is 13.4. The van der Waals surface area contributed by atoms with Crippen LogP contribution in [0.5, 0.6) is 0 Å². The standard InChI is InChI=1S/C15H22FN3O/c1-10(2)6-7-19(12-4-5-12)15(20)13-8-11(16)9-18-14(13)17-3/h8-10,12H,4-7H2,1-3H3,(H,17,18). The van der Waals surface area contributed by atoms with E-state index in [1.807, 2.05) is 4.90 Å². The lowest BCUT2D eigenvalue weighted by atomic mass is 10.1. The van der Waals surface area contributed by atoms with Gasteiger partial charge in [-0.2, -0.15) is 0 Å². The van der Waals surface area contributed by atoms with Gasteiger partial charge in [-0.3, -0.25) is 4.79 Å². The summed E-state index contributed by atoms with van der Waals surface area (Å²) < 4.78 is 13.4. The molecule has 0 radical (unpaired) electrons. The monoisotopic (exact) mass is 279 g/mol. The molecule has 1 aliphatic rings. The predicted octanol–water partition coefficient (Wildman–Crippen LogP) is 2.91. The van der Waals surface area contributed by atoms with Gasteiger partial charge >= 0.3 is 0 Å². The third-order valence-electron chi connectivity index (χ3n) is 3.52. The van der Waals surface area contributed by atoms with Gasteiger partial charge in [-0.05, 0) is 31.2 Å². The van der Waals surface area contributed by atoms with Crippen molar-refractivity contribution in [2.75, 3.05) is 18.9 Å². The first kappa shape index (κ1) is 14.8. The molecule has 2 rings (SSSR count). The maximum Gasteiger partial charge on any atom is 0.257 e. The van der Waals surface area contributed by atoms with Crippen molar-refractivity contribution in [2.24, 2.45) is 5.92 Å². The Morgan fingerprint density at radius 3 is 2.80 bits per heavy atom. The molecule has 1 amide bonds. The Morgan fingerprint density at radius 2 is 2.25 bits per heavy atom. The summed E-state index contributed by atoms with van der Waals surface area (Å²) in [5.41, 5.74) is 0.322. The first-order chi connectivity index (χ1) is 9.52. The van der Waals surface area contributed by atoms with Crippen molar-refractivity contribution in [3.8, 4) is 0 Å². The van der Waals surface area contributed by atoms with E-state index in [4.69, 9.17) is 0 Å². The van der Waals surface area contributed by atoms with Crippen LogP contribution in [0.1, 0.15) is 43.5 Å². The van der Waals surface area contributed by atoms with E-state index in [9.17, 15) is 9.18 Å². The van der Waals surface area contributed by atoms with Crippen LogP contribution in [0.25, 0.3) is 0 Å². The molecule has 5 heteroatoms. The Labute approximate surface area is 119 Å². The summed E-state index contributed by atoms with van der Waals surface area (Å²) in [6.45, 7) is 5.00. The molecule has 0 spiro atoms. The number of pyridine rings is 1. The van der Waals surface area contributed by atoms with Crippen LogP contribution >= 0.6 is 0 Å². The SMILES string of the molecule is CNc1ncc(F)cc1C(=O)N(CCC(C)C)C1CC1. The van der Waals surface area contributed by atoms with E-state index < -0.39 is 5.82 Å². The molecule has 0 aromatic carbocycles. The lowest BCUT2D eigenvalue weighted by Gasteiger charge is -2.24. The zero-order valence-corrected chi connectivity index (χ0v) is 12.3. The molecule has 0 bridgehead atoms. The average Bonchev–Trinajstić information content (AvgIpc) is 3.23. The van der Waals surface area contributed by atoms with E-state index >= 15 is 0 Å². The first-order valence-electron chi connectivity index (χ1n) is 7.17. The smallest absolute Gasteiger partial charge is 0.257 e. The van der Waals surface area contributed by atoms with Crippen LogP contribution in [-0.2, 0) is 0 Å². The second-order valence-electron chi connectivity index (χ2n) is 5.71. The Morgan fingerprint density at radius 1 is 1.55 bits per heavy atom. The molecule has 1 saturated carbocycles. The minimum absolute atomic E-state index is 0.121. The van der Waals surface area contributed by atoms with Crippen LogP contribution in [0.2, 0.25) is 0 Å². The van der Waals surface area contributed by atoms with Gasteiger partial charge in [0.15, 0.2) is 0 Å². The largest absolute Gasteiger partial charge is 0.372 e. The number of anilines is 1. The number of carbonyl (C=O) groups excluding carboxylic acids is 1. The third kappa shape index (κ3) is 3.46. The number of amides is 1. The summed E-state index contributed by atoms with van der Waals surface area (Å²) in [7, 11) is 1.69. The highest BCUT2D eigenvalue weighted by Gasteiger charge is 2.34. The molecule has 20 heavy (non-hydrogen) atoms. The number of carbonyl (C=O) groups is 1. The van der Waals surface area contributed by atoms with Crippen LogP contribution in [0, 0.1) is 11.7 Å². The quantitative estimate of drug-likeness (QED) is 0.871. The van der Waals surface area contributed by atoms with Gasteiger partial charge in [0.25, 0.3) is 5.91 Å². The summed E-state index contributed by atoms with van der Waals surface area (Å²) in [6, 6.07) is 1.58. The molecule has 1 heterocycles. The van der Waals surface area contributed by atoms with Crippen molar-refractivity contribution in [1.82, 2.24) is 9.88 Å². The Bertz CT molecular complexity index is 486. The van der Waals surface area contributed by atoms with Crippen LogP contribution in [-0.4, -0.2) is 35.4 Å². The summed E-state index contributed by atoms with van der Waals surface area (Å²) in [6.07, 6.45) is 4.17. The Balaban J connectivity index is 2.20. The summed E-state index contributed by atoms with van der Waals surface area (Å²) >= 11 is 0. The van der Waals surface area contributed by atoms with Gasteiger partial charge < -0.3 is 10.2 Å². The van der Waals surface area contributed by atoms with Gasteiger partial charge in [-0.1, -0.05) is 13.8 Å². The fraction of sp³-hybridized carbons (Fsp3) is 0.600. The molecule has 1 aromatic rings. The molecule has 0 saturated heterocycles. The number of aromatic nitrogens is 1. The number of halogens is 1. The van der Waals surface area contributed by atoms with Crippen molar-refractivity contribution in [1.29, 1.82) is 0 Å². The third-order valence-corrected chi connectivity index (χ3v) is 3.52. The topological polar surface area (TPSA) is 45.2 Å². The number of hydrogen-bond acceptors (Lipinski definition) is 3. The number of rotatable bonds is 6. The molecule has 1 fully saturated rings. The summed E-state index contributed by atoms with van der Waals surface area (Å²) in [5, 5.41) is 2.86. The van der Waals surface area contributed by atoms with E-state index in [0.29, 0.717) is 23.3 Å². The summed E-state index contributed by atoms with van der Waals surface area (Å²) in [4.78, 5) is 18.5. The second kappa shape index (κ2) is 6.20. The average molecular weight is 279 g/mol. The molecule has 0 aliphatic heterocycles. The molecular weight excluding hydrogens is 257 g/mol. The van der Waals surface area contributed by atoms with E-state index in [1.54, 1.807) is 7.05 Å². The van der Waals surface area contributed by atoms with Gasteiger partial charge in [0.2, 0.25) is 0 Å². The van der Waals surface area contributed by atoms with Crippen molar-refractivity contribution in [3.05, 3.63) is 23.6 Å². The van der Waals surface area contributed by atoms with Gasteiger partial charge in [0, 0.05) is 19.6 Å². The van der Waals surface area contributed by atoms with Crippen LogP contribution in [0.3, 0.4) is 0 Å². The molecule has 1 aromatic heterocycles. The number of nitrogens with one attached hydrogen (secondary N) is 1. The minimum Gasteiger partial charge on any atom is -0.372 e. The Kier molecular flexibility index (Phi) is 4.57. The van der Waals surface area contributed by atoms with Crippen molar-refractivity contribution < 1.29 is 9.18 Å². The molecule has 0 atom stereocenters. The molecule has 1 N–H and O–H groups in total. The molecule has 1 aliphatic carbocycles. The van der Waals surface area contributed by atoms with Crippen LogP contribution < -0.4 is 5.32 Å². The van der Waals surface area contributed by atoms with Gasteiger partial charge in [-0.25, -0.2) is 9.37 Å². The van der Waals surface area contributed by atoms with E-state index in [0.717, 1.165) is 32.0 Å². The zero-order chi connectivity index (χ0) is 14.7. The maximum atomic E-state index is 13.4. The second-order valence-corrected chi connectivity index (χ2v) is 5.71. The van der Waals surface area contributed by atoms with E-state index in [2.05, 4.69) is 24.1 Å². The zero-order valence-electron chi connectivity index (χ0n) is 12.3. The molecule has 0 unspecified atom stereocenters. The highest BCUT2D eigenvalue weighted by molar-refractivity contribution is 5.99. The first-order valence-corrected chi connectivity index (χ1v) is 7.17. The fourth-order valence-corrected chi connectivity index (χ4v) is 2.19. The number of nitrogens with zero attached hydrogens (tertiary/aromatic N) is 2. The lowest BCUT2D eigenvalue weighted by molar-refractivity contribution is 0.0735. The lowest BCUT2D eigenvalue weighted by Crippen LogP contribution is -2.35. The fourth-order valence-electron chi connectivity index (χ4n) is 2.19. The van der Waals surface area contributed by atoms with Crippen molar-refractivity contribution in [3.63, 3.8) is 0 Å². The van der Waals surface area contributed by atoms with Crippen molar-refractivity contribution >= 4 is 11.7 Å². The predicted molar refractivity (Wildman–Crippen MR) is 77.3 cm³/mol.